The fourth-order valence-corrected chi connectivity index (χ4v) is 4.78. The first-order valence-electron chi connectivity index (χ1n) is 10.8. The first-order valence-corrected chi connectivity index (χ1v) is 10.8. The number of esters is 2. The molecule has 0 bridgehead atoms. The Labute approximate surface area is 177 Å². The van der Waals surface area contributed by atoms with Crippen LogP contribution in [-0.4, -0.2) is 35.4 Å². The molecule has 2 aromatic carbocycles. The van der Waals surface area contributed by atoms with Crippen LogP contribution >= 0.6 is 0 Å². The lowest BCUT2D eigenvalue weighted by atomic mass is 9.86. The Balaban J connectivity index is 1.35. The largest absolute Gasteiger partial charge is 0.462 e. The molecule has 1 saturated heterocycles. The summed E-state index contributed by atoms with van der Waals surface area (Å²) in [5, 5.41) is 10.5. The van der Waals surface area contributed by atoms with E-state index in [1.54, 1.807) is 12.1 Å². The maximum absolute atomic E-state index is 12.5. The zero-order valence-electron chi connectivity index (χ0n) is 17.0. The van der Waals surface area contributed by atoms with Gasteiger partial charge >= 0.3 is 11.9 Å². The Morgan fingerprint density at radius 3 is 2.50 bits per heavy atom. The number of aryl methyl sites for hydroxylation is 1. The molecule has 0 radical (unpaired) electrons. The molecular weight excluding hydrogens is 380 g/mol. The molecule has 30 heavy (non-hydrogen) atoms. The summed E-state index contributed by atoms with van der Waals surface area (Å²) < 4.78 is 11.3. The lowest BCUT2D eigenvalue weighted by molar-refractivity contribution is -0.141. The molecule has 0 aromatic heterocycles. The predicted octanol–water partition coefficient (Wildman–Crippen LogP) is 3.94. The summed E-state index contributed by atoms with van der Waals surface area (Å²) >= 11 is 0. The van der Waals surface area contributed by atoms with E-state index in [4.69, 9.17) is 9.47 Å². The van der Waals surface area contributed by atoms with Gasteiger partial charge in [0, 0.05) is 18.3 Å². The topological polar surface area (TPSA) is 72.8 Å². The summed E-state index contributed by atoms with van der Waals surface area (Å²) in [5.41, 5.74) is 1.73. The van der Waals surface area contributed by atoms with Crippen molar-refractivity contribution in [2.24, 2.45) is 11.8 Å². The van der Waals surface area contributed by atoms with Crippen molar-refractivity contribution < 1.29 is 24.2 Å². The van der Waals surface area contributed by atoms with Gasteiger partial charge in [0.05, 0.1) is 18.1 Å². The Kier molecular flexibility index (Phi) is 6.48. The van der Waals surface area contributed by atoms with E-state index in [0.717, 1.165) is 6.42 Å². The highest BCUT2D eigenvalue weighted by molar-refractivity contribution is 5.89. The third kappa shape index (κ3) is 4.90. The molecule has 5 atom stereocenters. The monoisotopic (exact) mass is 408 g/mol. The number of fused-ring (bicyclic) bond motifs is 1. The summed E-state index contributed by atoms with van der Waals surface area (Å²) in [6.07, 6.45) is 2.86. The molecule has 158 valence electrons. The van der Waals surface area contributed by atoms with Crippen LogP contribution in [0.5, 0.6) is 0 Å². The van der Waals surface area contributed by atoms with Gasteiger partial charge in [0.2, 0.25) is 0 Å². The molecular formula is C25H28O5. The third-order valence-electron chi connectivity index (χ3n) is 6.37. The van der Waals surface area contributed by atoms with Gasteiger partial charge < -0.3 is 14.6 Å². The second kappa shape index (κ2) is 9.43. The lowest BCUT2D eigenvalue weighted by Crippen LogP contribution is -2.27. The van der Waals surface area contributed by atoms with Crippen LogP contribution in [0.15, 0.2) is 60.7 Å². The van der Waals surface area contributed by atoms with Gasteiger partial charge in [-0.15, -0.1) is 0 Å². The van der Waals surface area contributed by atoms with E-state index in [-0.39, 0.29) is 36.0 Å². The molecule has 0 amide bonds. The lowest BCUT2D eigenvalue weighted by Gasteiger charge is -2.24. The number of aliphatic hydroxyl groups is 1. The number of rotatable bonds is 8. The minimum atomic E-state index is -0.423. The highest BCUT2D eigenvalue weighted by Crippen LogP contribution is 2.45. The van der Waals surface area contributed by atoms with Crippen molar-refractivity contribution in [3.8, 4) is 0 Å². The van der Waals surface area contributed by atoms with Crippen molar-refractivity contribution in [3.05, 3.63) is 71.8 Å². The molecule has 0 unspecified atom stereocenters. The predicted molar refractivity (Wildman–Crippen MR) is 112 cm³/mol. The third-order valence-corrected chi connectivity index (χ3v) is 6.37. The molecule has 2 aliphatic rings. The number of hydrogen-bond donors (Lipinski definition) is 1. The average Bonchev–Trinajstić information content (AvgIpc) is 3.27. The zero-order valence-corrected chi connectivity index (χ0v) is 17.0. The van der Waals surface area contributed by atoms with E-state index in [9.17, 15) is 14.7 Å². The SMILES string of the molecule is O=C1C[C@@H]2[C@@H](CC[C@H](O)CCc3ccccc3)[C@@H](OC(=O)c3ccccc3)C[C@@H]2O1. The van der Waals surface area contributed by atoms with Crippen LogP contribution < -0.4 is 0 Å². The van der Waals surface area contributed by atoms with Crippen LogP contribution in [-0.2, 0) is 20.7 Å². The zero-order chi connectivity index (χ0) is 20.9. The van der Waals surface area contributed by atoms with Crippen molar-refractivity contribution in [2.45, 2.75) is 56.8 Å². The Morgan fingerprint density at radius 1 is 1.07 bits per heavy atom. The number of aliphatic hydroxyl groups excluding tert-OH is 1. The summed E-state index contributed by atoms with van der Waals surface area (Å²) in [7, 11) is 0. The number of carbonyl (C=O) groups excluding carboxylic acids is 2. The molecule has 1 heterocycles. The van der Waals surface area contributed by atoms with Crippen molar-refractivity contribution >= 4 is 11.9 Å². The van der Waals surface area contributed by atoms with E-state index in [2.05, 4.69) is 12.1 Å². The van der Waals surface area contributed by atoms with Crippen LogP contribution in [0.2, 0.25) is 0 Å². The van der Waals surface area contributed by atoms with E-state index in [1.807, 2.05) is 36.4 Å². The number of benzene rings is 2. The summed E-state index contributed by atoms with van der Waals surface area (Å²) in [6, 6.07) is 19.1. The summed E-state index contributed by atoms with van der Waals surface area (Å²) in [5.74, 6) is -0.429. The normalized spacial score (nSPS) is 26.1. The van der Waals surface area contributed by atoms with Gasteiger partial charge in [0.25, 0.3) is 0 Å². The fourth-order valence-electron chi connectivity index (χ4n) is 4.78. The highest BCUT2D eigenvalue weighted by Gasteiger charge is 2.51. The molecule has 1 saturated carbocycles. The van der Waals surface area contributed by atoms with Crippen LogP contribution in [0.1, 0.15) is 48.0 Å². The van der Waals surface area contributed by atoms with Crippen molar-refractivity contribution in [1.82, 2.24) is 0 Å². The number of ether oxygens (including phenoxy) is 2. The molecule has 5 heteroatoms. The molecule has 2 aromatic rings. The van der Waals surface area contributed by atoms with Gasteiger partial charge in [-0.3, -0.25) is 4.79 Å². The first kappa shape index (κ1) is 20.6. The number of carbonyl (C=O) groups is 2. The van der Waals surface area contributed by atoms with Crippen molar-refractivity contribution in [2.75, 3.05) is 0 Å². The molecule has 1 aliphatic carbocycles. The van der Waals surface area contributed by atoms with Gasteiger partial charge in [0.1, 0.15) is 12.2 Å². The molecule has 4 rings (SSSR count). The molecule has 1 N–H and O–H groups in total. The molecule has 2 fully saturated rings. The molecule has 5 nitrogen and oxygen atoms in total. The standard InChI is InChI=1S/C25H28O5/c26-19(12-11-17-7-3-1-4-8-17)13-14-20-21-15-24(27)29-23(21)16-22(20)30-25(28)18-9-5-2-6-10-18/h1-10,19-23,26H,11-16H2/t19-,20-,21-,22+,23+/m1/s1. The van der Waals surface area contributed by atoms with E-state index < -0.39 is 6.10 Å². The van der Waals surface area contributed by atoms with Crippen molar-refractivity contribution in [1.29, 1.82) is 0 Å². The van der Waals surface area contributed by atoms with Gasteiger partial charge in [-0.05, 0) is 43.4 Å². The van der Waals surface area contributed by atoms with Crippen LogP contribution in [0, 0.1) is 11.8 Å². The first-order chi connectivity index (χ1) is 14.6. The van der Waals surface area contributed by atoms with E-state index in [1.165, 1.54) is 5.56 Å². The summed E-state index contributed by atoms with van der Waals surface area (Å²) in [6.45, 7) is 0. The van der Waals surface area contributed by atoms with Crippen LogP contribution in [0.25, 0.3) is 0 Å². The van der Waals surface area contributed by atoms with Gasteiger partial charge in [-0.2, -0.15) is 0 Å². The van der Waals surface area contributed by atoms with Gasteiger partial charge in [-0.1, -0.05) is 48.5 Å². The molecule has 1 aliphatic heterocycles. The van der Waals surface area contributed by atoms with Gasteiger partial charge in [-0.25, -0.2) is 4.79 Å². The van der Waals surface area contributed by atoms with E-state index in [0.29, 0.717) is 37.7 Å². The average molecular weight is 408 g/mol. The second-order valence-electron chi connectivity index (χ2n) is 8.36. The fraction of sp³-hybridized carbons (Fsp3) is 0.440. The highest BCUT2D eigenvalue weighted by atomic mass is 16.6. The smallest absolute Gasteiger partial charge is 0.338 e. The second-order valence-corrected chi connectivity index (χ2v) is 8.36. The maximum Gasteiger partial charge on any atom is 0.338 e. The van der Waals surface area contributed by atoms with Crippen molar-refractivity contribution in [3.63, 3.8) is 0 Å². The van der Waals surface area contributed by atoms with Crippen LogP contribution in [0.4, 0.5) is 0 Å². The minimum Gasteiger partial charge on any atom is -0.462 e. The Hall–Kier alpha value is -2.66. The quantitative estimate of drug-likeness (QED) is 0.670. The number of hydrogen-bond acceptors (Lipinski definition) is 5. The minimum absolute atomic E-state index is 0.0282. The molecule has 0 spiro atoms. The Morgan fingerprint density at radius 2 is 1.77 bits per heavy atom. The maximum atomic E-state index is 12.5. The van der Waals surface area contributed by atoms with E-state index >= 15 is 0 Å². The van der Waals surface area contributed by atoms with Gasteiger partial charge in [0.15, 0.2) is 0 Å². The van der Waals surface area contributed by atoms with Crippen LogP contribution in [0.3, 0.4) is 0 Å². The summed E-state index contributed by atoms with van der Waals surface area (Å²) in [4.78, 5) is 24.3. The Bertz CT molecular complexity index is 850.